The van der Waals surface area contributed by atoms with Crippen LogP contribution in [0.25, 0.3) is 0 Å². The quantitative estimate of drug-likeness (QED) is 0.790. The van der Waals surface area contributed by atoms with Gasteiger partial charge in [-0.3, -0.25) is 9.69 Å². The smallest absolute Gasteiger partial charge is 0.231 e. The van der Waals surface area contributed by atoms with Crippen LogP contribution in [0, 0.1) is 0 Å². The van der Waals surface area contributed by atoms with Crippen molar-refractivity contribution in [3.05, 3.63) is 29.8 Å². The van der Waals surface area contributed by atoms with Crippen molar-refractivity contribution in [1.29, 1.82) is 0 Å². The van der Waals surface area contributed by atoms with E-state index in [0.29, 0.717) is 19.2 Å². The number of benzene rings is 1. The molecule has 5 nitrogen and oxygen atoms in total. The number of carbonyl (C=O) groups excluding carboxylic acids is 1. The van der Waals surface area contributed by atoms with Gasteiger partial charge in [-0.15, -0.1) is 0 Å². The number of nitrogens with two attached hydrogens (primary N) is 1. The molecule has 1 fully saturated rings. The van der Waals surface area contributed by atoms with Gasteiger partial charge in [-0.05, 0) is 37.5 Å². The number of ether oxygens (including phenoxy) is 1. The molecule has 0 unspecified atom stereocenters. The third-order valence-electron chi connectivity index (χ3n) is 3.80. The van der Waals surface area contributed by atoms with Crippen LogP contribution in [0.2, 0.25) is 0 Å². The zero-order valence-electron chi connectivity index (χ0n) is 12.7. The van der Waals surface area contributed by atoms with Crippen molar-refractivity contribution in [3.63, 3.8) is 0 Å². The maximum absolute atomic E-state index is 10.9. The summed E-state index contributed by atoms with van der Waals surface area (Å²) in [6.45, 7) is 5.80. The standard InChI is InChI=1S/C16H25N3O2/c1-2-21-15-5-3-13(4-6-15)11-18-14-7-9-19(10-8-14)12-16(17)20/h3-6,14,18H,2,7-12H2,1H3,(H2,17,20). The Morgan fingerprint density at radius 1 is 1.33 bits per heavy atom. The molecule has 1 aromatic rings. The van der Waals surface area contributed by atoms with Crippen molar-refractivity contribution in [2.45, 2.75) is 32.4 Å². The minimum absolute atomic E-state index is 0.240. The second-order valence-electron chi connectivity index (χ2n) is 5.47. The number of hydrogen-bond donors (Lipinski definition) is 2. The number of piperidine rings is 1. The van der Waals surface area contributed by atoms with Crippen LogP contribution >= 0.6 is 0 Å². The summed E-state index contributed by atoms with van der Waals surface area (Å²) in [6, 6.07) is 8.73. The van der Waals surface area contributed by atoms with Crippen molar-refractivity contribution in [2.24, 2.45) is 5.73 Å². The van der Waals surface area contributed by atoms with Crippen LogP contribution in [0.15, 0.2) is 24.3 Å². The van der Waals surface area contributed by atoms with Gasteiger partial charge in [-0.1, -0.05) is 12.1 Å². The van der Waals surface area contributed by atoms with Crippen molar-refractivity contribution in [2.75, 3.05) is 26.2 Å². The molecule has 0 saturated carbocycles. The van der Waals surface area contributed by atoms with Gasteiger partial charge in [0.2, 0.25) is 5.91 Å². The molecule has 1 aromatic carbocycles. The predicted molar refractivity (Wildman–Crippen MR) is 83.1 cm³/mol. The van der Waals surface area contributed by atoms with Gasteiger partial charge in [0, 0.05) is 25.7 Å². The summed E-state index contributed by atoms with van der Waals surface area (Å²) >= 11 is 0. The van der Waals surface area contributed by atoms with Gasteiger partial charge in [0.1, 0.15) is 5.75 Å². The Labute approximate surface area is 126 Å². The first-order chi connectivity index (χ1) is 10.2. The Bertz CT molecular complexity index is 439. The van der Waals surface area contributed by atoms with Gasteiger partial charge < -0.3 is 15.8 Å². The normalized spacial score (nSPS) is 16.8. The number of nitrogens with one attached hydrogen (secondary N) is 1. The van der Waals surface area contributed by atoms with Gasteiger partial charge in [0.25, 0.3) is 0 Å². The summed E-state index contributed by atoms with van der Waals surface area (Å²) in [7, 11) is 0. The summed E-state index contributed by atoms with van der Waals surface area (Å²) in [4.78, 5) is 13.0. The second-order valence-corrected chi connectivity index (χ2v) is 5.47. The molecule has 0 radical (unpaired) electrons. The number of likely N-dealkylation sites (tertiary alicyclic amines) is 1. The second kappa shape index (κ2) is 8.00. The first kappa shape index (κ1) is 15.8. The fraction of sp³-hybridized carbons (Fsp3) is 0.562. The first-order valence-electron chi connectivity index (χ1n) is 7.63. The summed E-state index contributed by atoms with van der Waals surface area (Å²) in [5.74, 6) is 0.678. The van der Waals surface area contributed by atoms with Crippen LogP contribution in [0.3, 0.4) is 0 Å². The lowest BCUT2D eigenvalue weighted by atomic mass is 10.0. The molecule has 0 atom stereocenters. The van der Waals surface area contributed by atoms with E-state index < -0.39 is 0 Å². The van der Waals surface area contributed by atoms with E-state index in [1.165, 1.54) is 5.56 Å². The molecule has 1 heterocycles. The van der Waals surface area contributed by atoms with E-state index in [9.17, 15) is 4.79 Å². The Balaban J connectivity index is 1.70. The predicted octanol–water partition coefficient (Wildman–Crippen LogP) is 1.12. The largest absolute Gasteiger partial charge is 0.494 e. The lowest BCUT2D eigenvalue weighted by Crippen LogP contribution is -2.45. The Kier molecular flexibility index (Phi) is 6.02. The lowest BCUT2D eigenvalue weighted by molar-refractivity contribution is -0.119. The van der Waals surface area contributed by atoms with E-state index in [1.807, 2.05) is 19.1 Å². The highest BCUT2D eigenvalue weighted by Gasteiger charge is 2.19. The highest BCUT2D eigenvalue weighted by molar-refractivity contribution is 5.75. The van der Waals surface area contributed by atoms with E-state index in [-0.39, 0.29) is 5.91 Å². The van der Waals surface area contributed by atoms with Crippen molar-refractivity contribution in [1.82, 2.24) is 10.2 Å². The molecule has 1 saturated heterocycles. The first-order valence-corrected chi connectivity index (χ1v) is 7.63. The van der Waals surface area contributed by atoms with Crippen LogP contribution in [-0.2, 0) is 11.3 Å². The fourth-order valence-electron chi connectivity index (χ4n) is 2.65. The van der Waals surface area contributed by atoms with E-state index in [1.54, 1.807) is 0 Å². The lowest BCUT2D eigenvalue weighted by Gasteiger charge is -2.31. The highest BCUT2D eigenvalue weighted by atomic mass is 16.5. The van der Waals surface area contributed by atoms with E-state index in [4.69, 9.17) is 10.5 Å². The van der Waals surface area contributed by atoms with Gasteiger partial charge >= 0.3 is 0 Å². The van der Waals surface area contributed by atoms with Crippen LogP contribution in [0.5, 0.6) is 5.75 Å². The highest BCUT2D eigenvalue weighted by Crippen LogP contribution is 2.14. The Morgan fingerprint density at radius 2 is 2.00 bits per heavy atom. The van der Waals surface area contributed by atoms with Crippen molar-refractivity contribution >= 4 is 5.91 Å². The fourth-order valence-corrected chi connectivity index (χ4v) is 2.65. The molecule has 0 aromatic heterocycles. The molecule has 0 bridgehead atoms. The Morgan fingerprint density at radius 3 is 2.57 bits per heavy atom. The van der Waals surface area contributed by atoms with E-state index in [2.05, 4.69) is 22.3 Å². The summed E-state index contributed by atoms with van der Waals surface area (Å²) < 4.78 is 5.44. The number of carbonyl (C=O) groups is 1. The Hall–Kier alpha value is -1.59. The average molecular weight is 291 g/mol. The molecule has 3 N–H and O–H groups in total. The molecule has 2 rings (SSSR count). The number of hydrogen-bond acceptors (Lipinski definition) is 4. The third kappa shape index (κ3) is 5.36. The number of nitrogens with zero attached hydrogens (tertiary/aromatic N) is 1. The van der Waals surface area contributed by atoms with Crippen LogP contribution in [0.4, 0.5) is 0 Å². The zero-order valence-corrected chi connectivity index (χ0v) is 12.7. The van der Waals surface area contributed by atoms with Gasteiger partial charge in [0.15, 0.2) is 0 Å². The van der Waals surface area contributed by atoms with Crippen LogP contribution < -0.4 is 15.8 Å². The number of primary amides is 1. The molecule has 1 aliphatic heterocycles. The number of rotatable bonds is 7. The minimum Gasteiger partial charge on any atom is -0.494 e. The molecular formula is C16H25N3O2. The molecular weight excluding hydrogens is 266 g/mol. The molecule has 0 spiro atoms. The summed E-state index contributed by atoms with van der Waals surface area (Å²) in [6.07, 6.45) is 2.12. The maximum atomic E-state index is 10.9. The maximum Gasteiger partial charge on any atom is 0.231 e. The third-order valence-corrected chi connectivity index (χ3v) is 3.80. The molecule has 21 heavy (non-hydrogen) atoms. The molecule has 1 amide bonds. The minimum atomic E-state index is -0.240. The van der Waals surface area contributed by atoms with Crippen molar-refractivity contribution in [3.8, 4) is 5.75 Å². The molecule has 116 valence electrons. The monoisotopic (exact) mass is 291 g/mol. The van der Waals surface area contributed by atoms with Gasteiger partial charge in [-0.25, -0.2) is 0 Å². The zero-order chi connectivity index (χ0) is 15.1. The van der Waals surface area contributed by atoms with Crippen LogP contribution in [0.1, 0.15) is 25.3 Å². The van der Waals surface area contributed by atoms with Gasteiger partial charge in [-0.2, -0.15) is 0 Å². The topological polar surface area (TPSA) is 67.6 Å². The van der Waals surface area contributed by atoms with Crippen LogP contribution in [-0.4, -0.2) is 43.1 Å². The molecule has 1 aliphatic rings. The van der Waals surface area contributed by atoms with E-state index in [0.717, 1.165) is 38.2 Å². The van der Waals surface area contributed by atoms with Crippen molar-refractivity contribution < 1.29 is 9.53 Å². The molecule has 0 aliphatic carbocycles. The SMILES string of the molecule is CCOc1ccc(CNC2CCN(CC(N)=O)CC2)cc1. The summed E-state index contributed by atoms with van der Waals surface area (Å²) in [5.41, 5.74) is 6.48. The average Bonchev–Trinajstić information content (AvgIpc) is 2.48. The van der Waals surface area contributed by atoms with E-state index >= 15 is 0 Å². The van der Waals surface area contributed by atoms with Gasteiger partial charge in [0.05, 0.1) is 13.2 Å². The molecule has 5 heteroatoms. The summed E-state index contributed by atoms with van der Waals surface area (Å²) in [5, 5.41) is 3.58. The number of amides is 1.